The molecule has 7 heteroatoms. The van der Waals surface area contributed by atoms with Crippen LogP contribution in [0, 0.1) is 5.82 Å². The maximum absolute atomic E-state index is 13.2. The number of halogens is 1. The van der Waals surface area contributed by atoms with Gasteiger partial charge in [0.15, 0.2) is 0 Å². The highest BCUT2D eigenvalue weighted by atomic mass is 32.2. The predicted octanol–water partition coefficient (Wildman–Crippen LogP) is 4.09. The van der Waals surface area contributed by atoms with Crippen molar-refractivity contribution in [3.8, 4) is 0 Å². The number of thioether (sulfide) groups is 1. The molecule has 0 aliphatic heterocycles. The summed E-state index contributed by atoms with van der Waals surface area (Å²) < 4.78 is 13.2. The Balaban J connectivity index is 1.65. The number of imidazole rings is 1. The molecule has 2 N–H and O–H groups in total. The molecular formula is C17H17FN4OS. The van der Waals surface area contributed by atoms with Crippen LogP contribution in [0.15, 0.2) is 47.4 Å². The third kappa shape index (κ3) is 3.68. The molecule has 124 valence electrons. The number of rotatable bonds is 4. The third-order valence-electron chi connectivity index (χ3n) is 3.57. The minimum Gasteiger partial charge on any atom is -0.340 e. The summed E-state index contributed by atoms with van der Waals surface area (Å²) in [5.41, 5.74) is 2.02. The number of nitrogens with zero attached hydrogens (tertiary/aromatic N) is 2. The standard InChI is InChI=1S/C17H17FN4OS/c1-22(17(23)19-12-4-6-13(24-2)7-5-12)10-16-20-14-8-3-11(18)9-15(14)21-16/h3-9H,10H2,1-2H3,(H,19,23)(H,20,21). The van der Waals surface area contributed by atoms with Crippen molar-refractivity contribution in [3.05, 3.63) is 54.1 Å². The van der Waals surface area contributed by atoms with E-state index < -0.39 is 0 Å². The van der Waals surface area contributed by atoms with Gasteiger partial charge in [0.25, 0.3) is 0 Å². The summed E-state index contributed by atoms with van der Waals surface area (Å²) in [6, 6.07) is 11.8. The Labute approximate surface area is 143 Å². The Morgan fingerprint density at radius 1 is 1.29 bits per heavy atom. The van der Waals surface area contributed by atoms with Crippen molar-refractivity contribution < 1.29 is 9.18 Å². The van der Waals surface area contributed by atoms with Crippen LogP contribution in [0.5, 0.6) is 0 Å². The lowest BCUT2D eigenvalue weighted by Crippen LogP contribution is -2.31. The predicted molar refractivity (Wildman–Crippen MR) is 94.8 cm³/mol. The molecule has 3 aromatic rings. The summed E-state index contributed by atoms with van der Waals surface area (Å²) in [5.74, 6) is 0.281. The van der Waals surface area contributed by atoms with Crippen molar-refractivity contribution in [2.24, 2.45) is 0 Å². The molecule has 0 aliphatic carbocycles. The molecule has 0 fully saturated rings. The number of amides is 2. The SMILES string of the molecule is CSc1ccc(NC(=O)N(C)Cc2nc3ccc(F)cc3[nH]2)cc1. The molecule has 0 aliphatic rings. The highest BCUT2D eigenvalue weighted by Gasteiger charge is 2.12. The lowest BCUT2D eigenvalue weighted by Gasteiger charge is -2.16. The van der Waals surface area contributed by atoms with Crippen LogP contribution in [0.1, 0.15) is 5.82 Å². The minimum absolute atomic E-state index is 0.237. The number of hydrogen-bond acceptors (Lipinski definition) is 3. The second kappa shape index (κ2) is 6.92. The summed E-state index contributed by atoms with van der Waals surface area (Å²) in [5, 5.41) is 2.83. The quantitative estimate of drug-likeness (QED) is 0.701. The minimum atomic E-state index is -0.322. The molecule has 0 atom stereocenters. The fraction of sp³-hybridized carbons (Fsp3) is 0.176. The number of fused-ring (bicyclic) bond motifs is 1. The second-order valence-corrected chi connectivity index (χ2v) is 6.24. The van der Waals surface area contributed by atoms with E-state index >= 15 is 0 Å². The van der Waals surface area contributed by atoms with Crippen molar-refractivity contribution in [3.63, 3.8) is 0 Å². The van der Waals surface area contributed by atoms with Crippen molar-refractivity contribution in [2.75, 3.05) is 18.6 Å². The van der Waals surface area contributed by atoms with E-state index in [4.69, 9.17) is 0 Å². The Morgan fingerprint density at radius 2 is 2.04 bits per heavy atom. The average molecular weight is 344 g/mol. The van der Waals surface area contributed by atoms with Crippen LogP contribution in [0.3, 0.4) is 0 Å². The maximum atomic E-state index is 13.2. The topological polar surface area (TPSA) is 61.0 Å². The van der Waals surface area contributed by atoms with Gasteiger partial charge in [0.2, 0.25) is 0 Å². The van der Waals surface area contributed by atoms with Crippen molar-refractivity contribution in [1.82, 2.24) is 14.9 Å². The van der Waals surface area contributed by atoms with E-state index in [9.17, 15) is 9.18 Å². The van der Waals surface area contributed by atoms with Gasteiger partial charge < -0.3 is 15.2 Å². The molecule has 0 spiro atoms. The highest BCUT2D eigenvalue weighted by molar-refractivity contribution is 7.98. The highest BCUT2D eigenvalue weighted by Crippen LogP contribution is 2.18. The monoisotopic (exact) mass is 344 g/mol. The van der Waals surface area contributed by atoms with Gasteiger partial charge in [-0.15, -0.1) is 11.8 Å². The molecule has 0 saturated heterocycles. The van der Waals surface area contributed by atoms with Gasteiger partial charge >= 0.3 is 6.03 Å². The number of aromatic nitrogens is 2. The van der Waals surface area contributed by atoms with Crippen molar-refractivity contribution >= 4 is 34.5 Å². The number of carbonyl (C=O) groups is 1. The first-order valence-corrected chi connectivity index (χ1v) is 8.58. The van der Waals surface area contributed by atoms with Crippen LogP contribution >= 0.6 is 11.8 Å². The maximum Gasteiger partial charge on any atom is 0.321 e. The molecule has 2 aromatic carbocycles. The van der Waals surface area contributed by atoms with Gasteiger partial charge in [-0.3, -0.25) is 0 Å². The van der Waals surface area contributed by atoms with Crippen LogP contribution < -0.4 is 5.32 Å². The van der Waals surface area contributed by atoms with Crippen LogP contribution in [0.4, 0.5) is 14.9 Å². The molecule has 1 heterocycles. The van der Waals surface area contributed by atoms with E-state index in [1.54, 1.807) is 24.9 Å². The van der Waals surface area contributed by atoms with Crippen LogP contribution in [0.25, 0.3) is 11.0 Å². The zero-order valence-electron chi connectivity index (χ0n) is 13.3. The van der Waals surface area contributed by atoms with E-state index in [2.05, 4.69) is 15.3 Å². The number of urea groups is 1. The largest absolute Gasteiger partial charge is 0.340 e. The first kappa shape index (κ1) is 16.3. The van der Waals surface area contributed by atoms with Crippen LogP contribution in [-0.2, 0) is 6.54 Å². The molecule has 5 nitrogen and oxygen atoms in total. The molecule has 3 rings (SSSR count). The van der Waals surface area contributed by atoms with Gasteiger partial charge in [-0.1, -0.05) is 0 Å². The normalized spacial score (nSPS) is 10.8. The molecule has 0 radical (unpaired) electrons. The summed E-state index contributed by atoms with van der Waals surface area (Å²) in [6.45, 7) is 0.297. The lowest BCUT2D eigenvalue weighted by atomic mass is 10.3. The summed E-state index contributed by atoms with van der Waals surface area (Å²) >= 11 is 1.65. The van der Waals surface area contributed by atoms with Gasteiger partial charge in [-0.05, 0) is 48.7 Å². The van der Waals surface area contributed by atoms with Crippen LogP contribution in [0.2, 0.25) is 0 Å². The Kier molecular flexibility index (Phi) is 4.71. The Bertz CT molecular complexity index is 863. The molecule has 1 aromatic heterocycles. The zero-order chi connectivity index (χ0) is 17.1. The van der Waals surface area contributed by atoms with Gasteiger partial charge in [0.05, 0.1) is 17.6 Å². The molecular weight excluding hydrogens is 327 g/mol. The summed E-state index contributed by atoms with van der Waals surface area (Å²) in [7, 11) is 1.68. The Hall–Kier alpha value is -2.54. The van der Waals surface area contributed by atoms with Gasteiger partial charge in [-0.2, -0.15) is 0 Å². The number of nitrogens with one attached hydrogen (secondary N) is 2. The van der Waals surface area contributed by atoms with Crippen molar-refractivity contribution in [2.45, 2.75) is 11.4 Å². The number of anilines is 1. The van der Waals surface area contributed by atoms with Gasteiger partial charge in [0.1, 0.15) is 11.6 Å². The average Bonchev–Trinajstić information content (AvgIpc) is 2.96. The molecule has 2 amide bonds. The van der Waals surface area contributed by atoms with E-state index in [1.165, 1.54) is 17.0 Å². The van der Waals surface area contributed by atoms with Crippen molar-refractivity contribution in [1.29, 1.82) is 0 Å². The molecule has 0 saturated carbocycles. The van der Waals surface area contributed by atoms with E-state index in [0.29, 0.717) is 23.4 Å². The Morgan fingerprint density at radius 3 is 2.75 bits per heavy atom. The first-order chi connectivity index (χ1) is 11.5. The zero-order valence-corrected chi connectivity index (χ0v) is 14.2. The number of carbonyl (C=O) groups excluding carboxylic acids is 1. The smallest absolute Gasteiger partial charge is 0.321 e. The van der Waals surface area contributed by atoms with Gasteiger partial charge in [0, 0.05) is 17.6 Å². The summed E-state index contributed by atoms with van der Waals surface area (Å²) in [6.07, 6.45) is 2.00. The van der Waals surface area contributed by atoms with E-state index in [1.807, 2.05) is 30.5 Å². The van der Waals surface area contributed by atoms with E-state index in [0.717, 1.165) is 10.6 Å². The molecule has 0 unspecified atom stereocenters. The number of benzene rings is 2. The first-order valence-electron chi connectivity index (χ1n) is 7.35. The number of H-pyrrole nitrogens is 1. The van der Waals surface area contributed by atoms with E-state index in [-0.39, 0.29) is 11.8 Å². The van der Waals surface area contributed by atoms with Gasteiger partial charge in [-0.25, -0.2) is 14.2 Å². The molecule has 0 bridgehead atoms. The fourth-order valence-corrected chi connectivity index (χ4v) is 2.71. The number of hydrogen-bond donors (Lipinski definition) is 2. The third-order valence-corrected chi connectivity index (χ3v) is 4.31. The summed E-state index contributed by atoms with van der Waals surface area (Å²) in [4.78, 5) is 22.3. The number of aromatic amines is 1. The van der Waals surface area contributed by atoms with Crippen LogP contribution in [-0.4, -0.2) is 34.2 Å². The second-order valence-electron chi connectivity index (χ2n) is 5.36. The lowest BCUT2D eigenvalue weighted by molar-refractivity contribution is 0.219. The fourth-order valence-electron chi connectivity index (χ4n) is 2.30. The molecule has 24 heavy (non-hydrogen) atoms.